The van der Waals surface area contributed by atoms with Crippen molar-refractivity contribution in [2.24, 2.45) is 0 Å². The number of unbranched alkanes of at least 4 members (excludes halogenated alkanes) is 8. The van der Waals surface area contributed by atoms with Crippen molar-refractivity contribution in [3.05, 3.63) is 59.7 Å². The van der Waals surface area contributed by atoms with Gasteiger partial charge in [0.2, 0.25) is 0 Å². The van der Waals surface area contributed by atoms with E-state index in [4.69, 9.17) is 0 Å². The first-order valence-corrected chi connectivity index (χ1v) is 17.5. The van der Waals surface area contributed by atoms with Crippen molar-refractivity contribution in [2.45, 2.75) is 97.3 Å². The average molecular weight is 623 g/mol. The van der Waals surface area contributed by atoms with E-state index in [1.165, 1.54) is 64.2 Å². The Balaban J connectivity index is 1.66. The largest absolute Gasteiger partial charge is 0.338 e. The fourth-order valence-corrected chi connectivity index (χ4v) is 5.40. The van der Waals surface area contributed by atoms with Gasteiger partial charge in [-0.2, -0.15) is 0 Å². The molecule has 45 heavy (non-hydrogen) atoms. The quantitative estimate of drug-likeness (QED) is 0.0891. The fraction of sp³-hybridized carbons (Fsp3) is 0.622. The second kappa shape index (κ2) is 24.2. The molecule has 252 valence electrons. The fourth-order valence-electron chi connectivity index (χ4n) is 5.40. The summed E-state index contributed by atoms with van der Waals surface area (Å²) in [5.74, 6) is 0. The summed E-state index contributed by atoms with van der Waals surface area (Å²) in [7, 11) is 4.31. The predicted octanol–water partition coefficient (Wildman–Crippen LogP) is 8.11. The molecule has 0 spiro atoms. The molecule has 0 atom stereocenters. The van der Waals surface area contributed by atoms with Crippen LogP contribution in [0.3, 0.4) is 0 Å². The number of hydrogen-bond donors (Lipinski definition) is 4. The number of anilines is 2. The average Bonchev–Trinajstić information content (AvgIpc) is 3.01. The Morgan fingerprint density at radius 1 is 0.556 bits per heavy atom. The van der Waals surface area contributed by atoms with E-state index in [9.17, 15) is 9.59 Å². The Bertz CT molecular complexity index is 995. The van der Waals surface area contributed by atoms with Crippen LogP contribution in [0.2, 0.25) is 0 Å². The van der Waals surface area contributed by atoms with Crippen molar-refractivity contribution in [2.75, 3.05) is 64.0 Å². The molecule has 0 aliphatic carbocycles. The van der Waals surface area contributed by atoms with Crippen LogP contribution >= 0.6 is 0 Å². The standard InChI is InChI=1S/C37H62N6O2/c1-5-7-9-11-13-25-42(3)27-17-23-38-36(44)40-34-21-15-19-32(30-34)29-33-20-16-22-35(31-33)41-37(45)39-24-18-28-43(4)26-14-12-10-8-6-2/h15-16,19-22,30-31H,5-14,17-18,23-29H2,1-4H3,(H2,38,40,44)(H2,39,41,45). The first kappa shape index (κ1) is 38.1. The Morgan fingerprint density at radius 3 is 1.38 bits per heavy atom. The zero-order valence-electron chi connectivity index (χ0n) is 28.8. The minimum absolute atomic E-state index is 0.180. The molecule has 8 nitrogen and oxygen atoms in total. The lowest BCUT2D eigenvalue weighted by Gasteiger charge is -2.16. The van der Waals surface area contributed by atoms with Crippen LogP contribution in [0.1, 0.15) is 102 Å². The van der Waals surface area contributed by atoms with Crippen LogP contribution in [0, 0.1) is 0 Å². The number of nitrogens with zero attached hydrogens (tertiary/aromatic N) is 2. The molecule has 0 saturated carbocycles. The van der Waals surface area contributed by atoms with Crippen LogP contribution in [0.5, 0.6) is 0 Å². The number of benzene rings is 2. The summed E-state index contributed by atoms with van der Waals surface area (Å²) < 4.78 is 0. The molecule has 0 fully saturated rings. The molecule has 4 N–H and O–H groups in total. The molecule has 0 aliphatic heterocycles. The summed E-state index contributed by atoms with van der Waals surface area (Å²) in [6.07, 6.45) is 15.5. The van der Waals surface area contributed by atoms with Crippen molar-refractivity contribution < 1.29 is 9.59 Å². The molecule has 0 aromatic heterocycles. The van der Waals surface area contributed by atoms with Crippen molar-refractivity contribution in [1.29, 1.82) is 0 Å². The van der Waals surface area contributed by atoms with Gasteiger partial charge in [-0.3, -0.25) is 0 Å². The number of urea groups is 2. The third kappa shape index (κ3) is 19.1. The lowest BCUT2D eigenvalue weighted by molar-refractivity contribution is 0.250. The van der Waals surface area contributed by atoms with Crippen molar-refractivity contribution in [1.82, 2.24) is 20.4 Å². The Hall–Kier alpha value is -3.10. The van der Waals surface area contributed by atoms with E-state index in [-0.39, 0.29) is 12.1 Å². The van der Waals surface area contributed by atoms with Gasteiger partial charge in [0, 0.05) is 24.5 Å². The molecular weight excluding hydrogens is 560 g/mol. The Labute approximate surface area is 274 Å². The summed E-state index contributed by atoms with van der Waals surface area (Å²) >= 11 is 0. The van der Waals surface area contributed by atoms with Gasteiger partial charge in [-0.25, -0.2) is 9.59 Å². The lowest BCUT2D eigenvalue weighted by Crippen LogP contribution is -2.32. The SMILES string of the molecule is CCCCCCCN(C)CCCNC(=O)Nc1cccc(Cc2cccc(NC(=O)NCCCN(C)CCCCCCC)c2)c1. The van der Waals surface area contributed by atoms with Crippen molar-refractivity contribution in [3.63, 3.8) is 0 Å². The van der Waals surface area contributed by atoms with E-state index in [0.29, 0.717) is 19.5 Å². The molecule has 0 heterocycles. The minimum Gasteiger partial charge on any atom is -0.338 e. The third-order valence-electron chi connectivity index (χ3n) is 8.07. The van der Waals surface area contributed by atoms with E-state index >= 15 is 0 Å². The van der Waals surface area contributed by atoms with Gasteiger partial charge in [-0.1, -0.05) is 89.5 Å². The number of rotatable bonds is 24. The van der Waals surface area contributed by atoms with Crippen LogP contribution < -0.4 is 21.3 Å². The van der Waals surface area contributed by atoms with Crippen LogP contribution in [0.15, 0.2) is 48.5 Å². The van der Waals surface area contributed by atoms with Crippen LogP contribution in [0.25, 0.3) is 0 Å². The van der Waals surface area contributed by atoms with Gasteiger partial charge in [0.25, 0.3) is 0 Å². The molecule has 0 saturated heterocycles. The highest BCUT2D eigenvalue weighted by Gasteiger charge is 2.07. The predicted molar refractivity (Wildman–Crippen MR) is 191 cm³/mol. The molecule has 0 bridgehead atoms. The van der Waals surface area contributed by atoms with E-state index in [1.807, 2.05) is 36.4 Å². The van der Waals surface area contributed by atoms with Gasteiger partial charge in [0.05, 0.1) is 0 Å². The van der Waals surface area contributed by atoms with E-state index < -0.39 is 0 Å². The van der Waals surface area contributed by atoms with Crippen LogP contribution in [-0.2, 0) is 6.42 Å². The number of amides is 4. The molecule has 2 rings (SSSR count). The zero-order valence-corrected chi connectivity index (χ0v) is 28.8. The summed E-state index contributed by atoms with van der Waals surface area (Å²) in [6, 6.07) is 15.5. The highest BCUT2D eigenvalue weighted by atomic mass is 16.2. The highest BCUT2D eigenvalue weighted by molar-refractivity contribution is 5.89. The summed E-state index contributed by atoms with van der Waals surface area (Å²) in [4.78, 5) is 29.6. The van der Waals surface area contributed by atoms with Crippen LogP contribution in [0.4, 0.5) is 21.0 Å². The second-order valence-electron chi connectivity index (χ2n) is 12.5. The number of hydrogen-bond acceptors (Lipinski definition) is 4. The van der Waals surface area contributed by atoms with Gasteiger partial charge >= 0.3 is 12.1 Å². The summed E-state index contributed by atoms with van der Waals surface area (Å²) in [5.41, 5.74) is 3.71. The van der Waals surface area contributed by atoms with Crippen molar-refractivity contribution in [3.8, 4) is 0 Å². The monoisotopic (exact) mass is 622 g/mol. The van der Waals surface area contributed by atoms with Gasteiger partial charge in [-0.05, 0) is 108 Å². The maximum Gasteiger partial charge on any atom is 0.319 e. The second-order valence-corrected chi connectivity index (χ2v) is 12.5. The molecular formula is C37H62N6O2. The molecule has 8 heteroatoms. The topological polar surface area (TPSA) is 88.7 Å². The molecule has 0 radical (unpaired) electrons. The number of nitrogens with one attached hydrogen (secondary N) is 4. The van der Waals surface area contributed by atoms with Crippen molar-refractivity contribution >= 4 is 23.4 Å². The zero-order chi connectivity index (χ0) is 32.5. The molecule has 2 aromatic rings. The molecule has 2 aromatic carbocycles. The Kier molecular flexibility index (Phi) is 20.5. The summed E-state index contributed by atoms with van der Waals surface area (Å²) in [6.45, 7) is 9.98. The molecule has 0 unspecified atom stereocenters. The van der Waals surface area contributed by atoms with Gasteiger partial charge in [-0.15, -0.1) is 0 Å². The van der Waals surface area contributed by atoms with Crippen LogP contribution in [-0.4, -0.2) is 75.2 Å². The van der Waals surface area contributed by atoms with Gasteiger partial charge in [0.1, 0.15) is 0 Å². The highest BCUT2D eigenvalue weighted by Crippen LogP contribution is 2.18. The minimum atomic E-state index is -0.180. The van der Waals surface area contributed by atoms with E-state index in [0.717, 1.165) is 61.5 Å². The maximum absolute atomic E-state index is 12.5. The van der Waals surface area contributed by atoms with Gasteiger partial charge < -0.3 is 31.1 Å². The third-order valence-corrected chi connectivity index (χ3v) is 8.07. The number of carbonyl (C=O) groups is 2. The number of carbonyl (C=O) groups excluding carboxylic acids is 2. The van der Waals surface area contributed by atoms with Gasteiger partial charge in [0.15, 0.2) is 0 Å². The molecule has 0 aliphatic rings. The molecule has 4 amide bonds. The summed E-state index contributed by atoms with van der Waals surface area (Å²) in [5, 5.41) is 11.9. The normalized spacial score (nSPS) is 11.2. The van der Waals surface area contributed by atoms with E-state index in [2.05, 4.69) is 71.1 Å². The van der Waals surface area contributed by atoms with E-state index in [1.54, 1.807) is 0 Å². The first-order chi connectivity index (χ1) is 21.9. The first-order valence-electron chi connectivity index (χ1n) is 17.5. The maximum atomic E-state index is 12.5. The lowest BCUT2D eigenvalue weighted by atomic mass is 10.0. The Morgan fingerprint density at radius 2 is 0.956 bits per heavy atom. The smallest absolute Gasteiger partial charge is 0.319 e.